The van der Waals surface area contributed by atoms with Crippen molar-refractivity contribution in [3.05, 3.63) is 63.7 Å². The molecule has 2 aromatic carbocycles. The van der Waals surface area contributed by atoms with Gasteiger partial charge in [-0.2, -0.15) is 0 Å². The Hall–Kier alpha value is -2.73. The first-order chi connectivity index (χ1) is 10.1. The Morgan fingerprint density at radius 3 is 2.48 bits per heavy atom. The van der Waals surface area contributed by atoms with Gasteiger partial charge in [-0.05, 0) is 42.0 Å². The molecule has 0 radical (unpaired) electrons. The van der Waals surface area contributed by atoms with Gasteiger partial charge in [0.2, 0.25) is 5.75 Å². The minimum absolute atomic E-state index is 0.130. The summed E-state index contributed by atoms with van der Waals surface area (Å²) in [5.74, 6) is 0.548. The van der Waals surface area contributed by atoms with Gasteiger partial charge in [-0.3, -0.25) is 14.9 Å². The summed E-state index contributed by atoms with van der Waals surface area (Å²) >= 11 is 0. The lowest BCUT2D eigenvalue weighted by Gasteiger charge is -2.08. The lowest BCUT2D eigenvalue weighted by Crippen LogP contribution is -1.96. The second-order valence-corrected chi connectivity index (χ2v) is 4.28. The van der Waals surface area contributed by atoms with Crippen molar-refractivity contribution in [2.75, 3.05) is 7.11 Å². The number of aldehydes is 1. The summed E-state index contributed by atoms with van der Waals surface area (Å²) in [6, 6.07) is 10.9. The molecular weight excluding hydrogens is 274 g/mol. The lowest BCUT2D eigenvalue weighted by molar-refractivity contribution is -0.385. The van der Waals surface area contributed by atoms with Crippen LogP contribution in [0.15, 0.2) is 42.5 Å². The molecule has 6 heteroatoms. The average Bonchev–Trinajstić information content (AvgIpc) is 2.48. The topological polar surface area (TPSA) is 78.7 Å². The molecule has 0 aromatic heterocycles. The Kier molecular flexibility index (Phi) is 4.63. The summed E-state index contributed by atoms with van der Waals surface area (Å²) in [6.45, 7) is 0.332. The van der Waals surface area contributed by atoms with Crippen molar-refractivity contribution in [2.45, 2.75) is 6.61 Å². The molecule has 108 valence electrons. The van der Waals surface area contributed by atoms with Crippen LogP contribution in [0, 0.1) is 10.1 Å². The Morgan fingerprint density at radius 2 is 1.90 bits per heavy atom. The fourth-order valence-electron chi connectivity index (χ4n) is 1.79. The molecule has 0 saturated heterocycles. The first-order valence-corrected chi connectivity index (χ1v) is 6.13. The van der Waals surface area contributed by atoms with E-state index in [2.05, 4.69) is 0 Å². The van der Waals surface area contributed by atoms with Gasteiger partial charge in [0.1, 0.15) is 12.0 Å². The van der Waals surface area contributed by atoms with Crippen molar-refractivity contribution in [3.8, 4) is 11.5 Å². The first kappa shape index (κ1) is 14.7. The predicted octanol–water partition coefficient (Wildman–Crippen LogP) is 3.35. The molecule has 0 atom stereocenters. The Morgan fingerprint density at radius 1 is 1.19 bits per heavy atom. The van der Waals surface area contributed by atoms with E-state index in [0.29, 0.717) is 24.2 Å². The third-order valence-corrected chi connectivity index (χ3v) is 2.78. The highest BCUT2D eigenvalue weighted by atomic mass is 16.6. The van der Waals surface area contributed by atoms with E-state index in [0.717, 1.165) is 5.56 Å². The predicted molar refractivity (Wildman–Crippen MR) is 75.7 cm³/mol. The number of hydrogen-bond acceptors (Lipinski definition) is 5. The van der Waals surface area contributed by atoms with Gasteiger partial charge in [0.25, 0.3) is 0 Å². The molecule has 0 saturated carbocycles. The highest BCUT2D eigenvalue weighted by Gasteiger charge is 2.16. The van der Waals surface area contributed by atoms with Gasteiger partial charge in [-0.1, -0.05) is 0 Å². The molecule has 0 amide bonds. The summed E-state index contributed by atoms with van der Waals surface area (Å²) in [7, 11) is 1.54. The zero-order valence-corrected chi connectivity index (χ0v) is 11.3. The Balaban J connectivity index is 2.32. The fraction of sp³-hybridized carbons (Fsp3) is 0.133. The van der Waals surface area contributed by atoms with Gasteiger partial charge in [0.15, 0.2) is 0 Å². The van der Waals surface area contributed by atoms with Crippen molar-refractivity contribution in [1.29, 1.82) is 0 Å². The third-order valence-electron chi connectivity index (χ3n) is 2.78. The molecule has 2 rings (SSSR count). The van der Waals surface area contributed by atoms with Gasteiger partial charge >= 0.3 is 5.69 Å². The maximum Gasteiger partial charge on any atom is 0.311 e. The number of ether oxygens (including phenoxy) is 2. The van der Waals surface area contributed by atoms with Gasteiger partial charge in [0.05, 0.1) is 11.5 Å². The van der Waals surface area contributed by atoms with Crippen LogP contribution >= 0.6 is 0 Å². The molecule has 0 spiro atoms. The van der Waals surface area contributed by atoms with Gasteiger partial charge in [0, 0.05) is 18.7 Å². The summed E-state index contributed by atoms with van der Waals surface area (Å²) in [6.07, 6.45) is 0.714. The molecule has 0 bridgehead atoms. The van der Waals surface area contributed by atoms with E-state index in [9.17, 15) is 14.9 Å². The monoisotopic (exact) mass is 287 g/mol. The number of carbonyl (C=O) groups excluding carboxylic acids is 1. The van der Waals surface area contributed by atoms with Crippen LogP contribution in [-0.2, 0) is 11.3 Å². The van der Waals surface area contributed by atoms with E-state index in [1.54, 1.807) is 43.5 Å². The van der Waals surface area contributed by atoms with Crippen LogP contribution in [0.2, 0.25) is 0 Å². The number of nitro groups is 1. The number of nitrogens with zero attached hydrogens (tertiary/aromatic N) is 1. The van der Waals surface area contributed by atoms with Crippen LogP contribution in [-0.4, -0.2) is 18.3 Å². The number of rotatable bonds is 6. The summed E-state index contributed by atoms with van der Waals surface area (Å²) in [5.41, 5.74) is 1.14. The van der Waals surface area contributed by atoms with E-state index >= 15 is 0 Å². The van der Waals surface area contributed by atoms with Crippen LogP contribution in [0.25, 0.3) is 0 Å². The van der Waals surface area contributed by atoms with E-state index < -0.39 is 4.92 Å². The molecule has 0 aliphatic rings. The fourth-order valence-corrected chi connectivity index (χ4v) is 1.79. The van der Waals surface area contributed by atoms with Crippen molar-refractivity contribution >= 4 is 12.0 Å². The van der Waals surface area contributed by atoms with Crippen LogP contribution in [0.4, 0.5) is 5.69 Å². The van der Waals surface area contributed by atoms with E-state index in [-0.39, 0.29) is 11.4 Å². The minimum atomic E-state index is -0.508. The molecule has 2 aromatic rings. The normalized spacial score (nSPS) is 10.1. The van der Waals surface area contributed by atoms with E-state index in [1.165, 1.54) is 6.07 Å². The molecular formula is C15H13NO5. The molecule has 0 fully saturated rings. The molecule has 0 aliphatic heterocycles. The summed E-state index contributed by atoms with van der Waals surface area (Å²) in [4.78, 5) is 21.1. The van der Waals surface area contributed by atoms with E-state index in [4.69, 9.17) is 9.47 Å². The largest absolute Gasteiger partial charge is 0.450 e. The first-order valence-electron chi connectivity index (χ1n) is 6.13. The van der Waals surface area contributed by atoms with Crippen LogP contribution in [0.5, 0.6) is 11.5 Å². The highest BCUT2D eigenvalue weighted by molar-refractivity contribution is 5.74. The molecule has 0 heterocycles. The maximum absolute atomic E-state index is 11.0. The van der Waals surface area contributed by atoms with E-state index in [1.807, 2.05) is 0 Å². The molecule has 0 aliphatic carbocycles. The van der Waals surface area contributed by atoms with Gasteiger partial charge < -0.3 is 9.47 Å². The zero-order valence-electron chi connectivity index (χ0n) is 11.3. The molecule has 6 nitrogen and oxygen atoms in total. The van der Waals surface area contributed by atoms with Gasteiger partial charge in [-0.25, -0.2) is 0 Å². The highest BCUT2D eigenvalue weighted by Crippen LogP contribution is 2.32. The Bertz CT molecular complexity index is 652. The van der Waals surface area contributed by atoms with Crippen LogP contribution in [0.3, 0.4) is 0 Å². The number of hydrogen-bond donors (Lipinski definition) is 0. The number of benzene rings is 2. The quantitative estimate of drug-likeness (QED) is 0.462. The lowest BCUT2D eigenvalue weighted by atomic mass is 10.2. The number of methoxy groups -OCH3 is 1. The van der Waals surface area contributed by atoms with Crippen LogP contribution < -0.4 is 4.74 Å². The van der Waals surface area contributed by atoms with Crippen molar-refractivity contribution < 1.29 is 19.2 Å². The second kappa shape index (κ2) is 6.62. The molecule has 0 N–H and O–H groups in total. The average molecular weight is 287 g/mol. The number of nitro benzene ring substituents is 1. The van der Waals surface area contributed by atoms with Crippen molar-refractivity contribution in [2.24, 2.45) is 0 Å². The summed E-state index contributed by atoms with van der Waals surface area (Å²) in [5, 5.41) is 11.0. The minimum Gasteiger partial charge on any atom is -0.450 e. The Labute approximate surface area is 121 Å². The second-order valence-electron chi connectivity index (χ2n) is 4.28. The standard InChI is InChI=1S/C15H13NO5/c1-20-10-12-4-7-14(16(18)19)15(8-12)21-13-5-2-11(9-17)3-6-13/h2-9H,10H2,1H3. The van der Waals surface area contributed by atoms with Crippen molar-refractivity contribution in [3.63, 3.8) is 0 Å². The van der Waals surface area contributed by atoms with Gasteiger partial charge in [-0.15, -0.1) is 0 Å². The summed E-state index contributed by atoms with van der Waals surface area (Å²) < 4.78 is 10.5. The molecule has 21 heavy (non-hydrogen) atoms. The zero-order chi connectivity index (χ0) is 15.2. The molecule has 0 unspecified atom stereocenters. The maximum atomic E-state index is 11.0. The third kappa shape index (κ3) is 3.64. The SMILES string of the molecule is COCc1ccc([N+](=O)[O-])c(Oc2ccc(C=O)cc2)c1. The smallest absolute Gasteiger partial charge is 0.311 e. The van der Waals surface area contributed by atoms with Crippen LogP contribution in [0.1, 0.15) is 15.9 Å². The van der Waals surface area contributed by atoms with Crippen molar-refractivity contribution in [1.82, 2.24) is 0 Å². The number of carbonyl (C=O) groups is 1.